The summed E-state index contributed by atoms with van der Waals surface area (Å²) in [5, 5.41) is 11.5. The van der Waals surface area contributed by atoms with Crippen molar-refractivity contribution >= 4 is 17.7 Å². The summed E-state index contributed by atoms with van der Waals surface area (Å²) in [5.74, 6) is -0.774. The molecule has 1 heterocycles. The number of urea groups is 1. The fraction of sp³-hybridized carbons (Fsp3) is 0.462. The van der Waals surface area contributed by atoms with Crippen molar-refractivity contribution in [2.24, 2.45) is 5.92 Å². The third kappa shape index (κ3) is 4.24. The van der Waals surface area contributed by atoms with Crippen molar-refractivity contribution in [3.63, 3.8) is 0 Å². The SMILES string of the molecule is CCC(C)CN(C)C(=O)Nc1cccnc1C(=O)O. The predicted molar refractivity (Wildman–Crippen MR) is 72.3 cm³/mol. The molecule has 2 N–H and O–H groups in total. The third-order valence-electron chi connectivity index (χ3n) is 2.88. The van der Waals surface area contributed by atoms with Gasteiger partial charge in [0.15, 0.2) is 5.69 Å². The van der Waals surface area contributed by atoms with Gasteiger partial charge in [-0.05, 0) is 18.1 Å². The summed E-state index contributed by atoms with van der Waals surface area (Å²) in [7, 11) is 1.68. The van der Waals surface area contributed by atoms with Gasteiger partial charge in [0.2, 0.25) is 0 Å². The highest BCUT2D eigenvalue weighted by Gasteiger charge is 2.16. The fourth-order valence-corrected chi connectivity index (χ4v) is 1.57. The van der Waals surface area contributed by atoms with E-state index in [0.29, 0.717) is 12.5 Å². The number of carboxylic acids is 1. The number of anilines is 1. The molecule has 1 aromatic rings. The molecule has 1 aromatic heterocycles. The minimum atomic E-state index is -1.17. The second kappa shape index (κ2) is 6.72. The van der Waals surface area contributed by atoms with E-state index >= 15 is 0 Å². The first-order valence-electron chi connectivity index (χ1n) is 6.16. The number of aromatic carboxylic acids is 1. The molecule has 0 aliphatic heterocycles. The van der Waals surface area contributed by atoms with Gasteiger partial charge >= 0.3 is 12.0 Å². The number of hydrogen-bond acceptors (Lipinski definition) is 3. The summed E-state index contributed by atoms with van der Waals surface area (Å²) >= 11 is 0. The van der Waals surface area contributed by atoms with Gasteiger partial charge in [0.05, 0.1) is 5.69 Å². The molecular formula is C13H19N3O3. The standard InChI is InChI=1S/C13H19N3O3/c1-4-9(2)8-16(3)13(19)15-10-6-5-7-14-11(10)12(17)18/h5-7,9H,4,8H2,1-3H3,(H,15,19)(H,17,18). The molecule has 0 spiro atoms. The van der Waals surface area contributed by atoms with Crippen LogP contribution in [-0.4, -0.2) is 40.6 Å². The van der Waals surface area contributed by atoms with Crippen molar-refractivity contribution in [1.82, 2.24) is 9.88 Å². The number of carbonyl (C=O) groups is 2. The van der Waals surface area contributed by atoms with Crippen LogP contribution in [0.1, 0.15) is 30.8 Å². The molecule has 6 nitrogen and oxygen atoms in total. The second-order valence-electron chi connectivity index (χ2n) is 4.53. The molecule has 1 rings (SSSR count). The lowest BCUT2D eigenvalue weighted by atomic mass is 10.1. The van der Waals surface area contributed by atoms with Crippen LogP contribution in [0.2, 0.25) is 0 Å². The Balaban J connectivity index is 2.74. The monoisotopic (exact) mass is 265 g/mol. The zero-order valence-corrected chi connectivity index (χ0v) is 11.4. The van der Waals surface area contributed by atoms with Gasteiger partial charge in [-0.1, -0.05) is 20.3 Å². The molecule has 0 aromatic carbocycles. The number of pyridine rings is 1. The molecule has 0 fully saturated rings. The van der Waals surface area contributed by atoms with E-state index in [2.05, 4.69) is 24.1 Å². The van der Waals surface area contributed by atoms with Crippen molar-refractivity contribution in [2.75, 3.05) is 18.9 Å². The van der Waals surface area contributed by atoms with Crippen LogP contribution >= 0.6 is 0 Å². The Hall–Kier alpha value is -2.11. The van der Waals surface area contributed by atoms with Crippen molar-refractivity contribution in [3.05, 3.63) is 24.0 Å². The van der Waals surface area contributed by atoms with E-state index < -0.39 is 5.97 Å². The molecule has 0 saturated carbocycles. The fourth-order valence-electron chi connectivity index (χ4n) is 1.57. The maximum Gasteiger partial charge on any atom is 0.356 e. The summed E-state index contributed by atoms with van der Waals surface area (Å²) in [6, 6.07) is 2.76. The van der Waals surface area contributed by atoms with Crippen LogP contribution in [0.3, 0.4) is 0 Å². The number of amides is 2. The summed E-state index contributed by atoms with van der Waals surface area (Å²) in [5.41, 5.74) is 0.0452. The Morgan fingerprint density at radius 1 is 1.53 bits per heavy atom. The quantitative estimate of drug-likeness (QED) is 0.855. The third-order valence-corrected chi connectivity index (χ3v) is 2.88. The highest BCUT2D eigenvalue weighted by molar-refractivity contribution is 5.98. The Morgan fingerprint density at radius 3 is 2.79 bits per heavy atom. The largest absolute Gasteiger partial charge is 0.476 e. The lowest BCUT2D eigenvalue weighted by molar-refractivity contribution is 0.0691. The minimum Gasteiger partial charge on any atom is -0.476 e. The average Bonchev–Trinajstić information content (AvgIpc) is 2.38. The van der Waals surface area contributed by atoms with Gasteiger partial charge < -0.3 is 15.3 Å². The number of nitrogens with zero attached hydrogens (tertiary/aromatic N) is 2. The van der Waals surface area contributed by atoms with Crippen LogP contribution in [0, 0.1) is 5.92 Å². The van der Waals surface area contributed by atoms with Crippen molar-refractivity contribution in [2.45, 2.75) is 20.3 Å². The first-order chi connectivity index (χ1) is 8.95. The van der Waals surface area contributed by atoms with E-state index in [1.165, 1.54) is 17.2 Å². The molecule has 1 atom stereocenters. The van der Waals surface area contributed by atoms with Gasteiger partial charge in [0.1, 0.15) is 0 Å². The van der Waals surface area contributed by atoms with Gasteiger partial charge in [-0.3, -0.25) is 0 Å². The predicted octanol–water partition coefficient (Wildman–Crippen LogP) is 2.29. The van der Waals surface area contributed by atoms with Crippen LogP contribution in [-0.2, 0) is 0 Å². The Morgan fingerprint density at radius 2 is 2.21 bits per heavy atom. The van der Waals surface area contributed by atoms with Gasteiger partial charge in [-0.25, -0.2) is 14.6 Å². The highest BCUT2D eigenvalue weighted by Crippen LogP contribution is 2.13. The number of nitrogens with one attached hydrogen (secondary N) is 1. The molecule has 0 aliphatic rings. The first-order valence-corrected chi connectivity index (χ1v) is 6.16. The number of hydrogen-bond donors (Lipinski definition) is 2. The van der Waals surface area contributed by atoms with Crippen molar-refractivity contribution in [1.29, 1.82) is 0 Å². The van der Waals surface area contributed by atoms with Crippen LogP contribution in [0.15, 0.2) is 18.3 Å². The lowest BCUT2D eigenvalue weighted by Crippen LogP contribution is -2.35. The molecule has 1 unspecified atom stereocenters. The molecule has 19 heavy (non-hydrogen) atoms. The molecule has 2 amide bonds. The Labute approximate surface area is 112 Å². The lowest BCUT2D eigenvalue weighted by Gasteiger charge is -2.21. The normalized spacial score (nSPS) is 11.7. The summed E-state index contributed by atoms with van der Waals surface area (Å²) in [4.78, 5) is 28.2. The van der Waals surface area contributed by atoms with Crippen LogP contribution in [0.25, 0.3) is 0 Å². The van der Waals surface area contributed by atoms with E-state index in [-0.39, 0.29) is 17.4 Å². The number of carboxylic acid groups (broad SMARTS) is 1. The molecular weight excluding hydrogens is 246 g/mol. The zero-order valence-electron chi connectivity index (χ0n) is 11.4. The van der Waals surface area contributed by atoms with E-state index in [0.717, 1.165) is 6.42 Å². The molecule has 6 heteroatoms. The Kier molecular flexibility index (Phi) is 5.29. The van der Waals surface area contributed by atoms with Crippen molar-refractivity contribution in [3.8, 4) is 0 Å². The minimum absolute atomic E-state index is 0.159. The van der Waals surface area contributed by atoms with Gasteiger partial charge in [-0.2, -0.15) is 0 Å². The topological polar surface area (TPSA) is 82.5 Å². The van der Waals surface area contributed by atoms with Gasteiger partial charge in [-0.15, -0.1) is 0 Å². The Bertz CT molecular complexity index is 462. The van der Waals surface area contributed by atoms with Crippen molar-refractivity contribution < 1.29 is 14.7 Å². The number of aromatic nitrogens is 1. The molecule has 0 aliphatic carbocycles. The molecule has 0 radical (unpaired) electrons. The first kappa shape index (κ1) is 14.9. The zero-order chi connectivity index (χ0) is 14.4. The maximum absolute atomic E-state index is 11.9. The summed E-state index contributed by atoms with van der Waals surface area (Å²) in [6.45, 7) is 4.72. The smallest absolute Gasteiger partial charge is 0.356 e. The van der Waals surface area contributed by atoms with E-state index in [1.54, 1.807) is 13.1 Å². The number of carbonyl (C=O) groups excluding carboxylic acids is 1. The van der Waals surface area contributed by atoms with Gasteiger partial charge in [0, 0.05) is 19.8 Å². The van der Waals surface area contributed by atoms with E-state index in [4.69, 9.17) is 5.11 Å². The van der Waals surface area contributed by atoms with Crippen LogP contribution < -0.4 is 5.32 Å². The highest BCUT2D eigenvalue weighted by atomic mass is 16.4. The van der Waals surface area contributed by atoms with Crippen LogP contribution in [0.5, 0.6) is 0 Å². The summed E-state index contributed by atoms with van der Waals surface area (Å²) < 4.78 is 0. The number of rotatable bonds is 5. The maximum atomic E-state index is 11.9. The summed E-state index contributed by atoms with van der Waals surface area (Å²) in [6.07, 6.45) is 2.35. The van der Waals surface area contributed by atoms with E-state index in [9.17, 15) is 9.59 Å². The molecule has 0 bridgehead atoms. The second-order valence-corrected chi connectivity index (χ2v) is 4.53. The van der Waals surface area contributed by atoms with E-state index in [1.807, 2.05) is 0 Å². The average molecular weight is 265 g/mol. The molecule has 104 valence electrons. The van der Waals surface area contributed by atoms with Gasteiger partial charge in [0.25, 0.3) is 0 Å². The molecule has 0 saturated heterocycles. The van der Waals surface area contributed by atoms with Crippen LogP contribution in [0.4, 0.5) is 10.5 Å².